The monoisotopic (exact) mass is 357 g/mol. The lowest BCUT2D eigenvalue weighted by Crippen LogP contribution is -3.12. The molecule has 2 aromatic carbocycles. The van der Waals surface area contributed by atoms with Crippen molar-refractivity contribution in [2.24, 2.45) is 0 Å². The lowest BCUT2D eigenvalue weighted by molar-refractivity contribution is -0.908. The summed E-state index contributed by atoms with van der Waals surface area (Å²) in [4.78, 5) is 15.7. The number of rotatable bonds is 8. The molecule has 2 atom stereocenters. The van der Waals surface area contributed by atoms with E-state index in [0.29, 0.717) is 13.1 Å². The first-order valence-electron chi connectivity index (χ1n) is 8.78. The summed E-state index contributed by atoms with van der Waals surface area (Å²) in [6.45, 7) is 3.28. The first-order valence-corrected chi connectivity index (χ1v) is 8.78. The van der Waals surface area contributed by atoms with Crippen LogP contribution in [0.3, 0.4) is 0 Å². The summed E-state index contributed by atoms with van der Waals surface area (Å²) in [5.41, 5.74) is 2.18. The highest BCUT2D eigenvalue weighted by molar-refractivity contribution is 5.79. The maximum Gasteiger partial charge on any atom is 0.280 e. The molecule has 2 rings (SSSR count). The summed E-state index contributed by atoms with van der Waals surface area (Å²) >= 11 is 0. The van der Waals surface area contributed by atoms with Crippen molar-refractivity contribution in [3.05, 3.63) is 59.7 Å². The predicted octanol–water partition coefficient (Wildman–Crippen LogP) is 1.77. The third-order valence-corrected chi connectivity index (χ3v) is 4.71. The zero-order chi connectivity index (χ0) is 19.1. The van der Waals surface area contributed by atoms with Crippen molar-refractivity contribution in [3.63, 3.8) is 0 Å². The van der Waals surface area contributed by atoms with Gasteiger partial charge in [0.25, 0.3) is 5.91 Å². The lowest BCUT2D eigenvalue weighted by atomic mass is 10.1. The number of methoxy groups -OCH3 is 2. The SMILES string of the molecule is COc1ccc(C[NH+](C)[C@H](C)C(=O)N(C)Cc2ccccc2)c(OC)c1. The topological polar surface area (TPSA) is 43.2 Å². The van der Waals surface area contributed by atoms with E-state index in [1.807, 2.05) is 69.6 Å². The van der Waals surface area contributed by atoms with Crippen LogP contribution in [-0.4, -0.2) is 45.2 Å². The van der Waals surface area contributed by atoms with Crippen molar-refractivity contribution in [3.8, 4) is 11.5 Å². The Balaban J connectivity index is 2.02. The third-order valence-electron chi connectivity index (χ3n) is 4.71. The largest absolute Gasteiger partial charge is 0.497 e. The number of nitrogens with zero attached hydrogens (tertiary/aromatic N) is 1. The first-order chi connectivity index (χ1) is 12.5. The minimum atomic E-state index is -0.157. The van der Waals surface area contributed by atoms with E-state index in [2.05, 4.69) is 0 Å². The van der Waals surface area contributed by atoms with Crippen LogP contribution >= 0.6 is 0 Å². The normalized spacial score (nSPS) is 13.0. The van der Waals surface area contributed by atoms with Crippen LogP contribution in [0.25, 0.3) is 0 Å². The molecule has 0 bridgehead atoms. The Hall–Kier alpha value is -2.53. The minimum absolute atomic E-state index is 0.124. The van der Waals surface area contributed by atoms with Gasteiger partial charge in [-0.05, 0) is 24.6 Å². The maximum absolute atomic E-state index is 12.8. The van der Waals surface area contributed by atoms with E-state index < -0.39 is 0 Å². The van der Waals surface area contributed by atoms with Crippen LogP contribution in [0.5, 0.6) is 11.5 Å². The van der Waals surface area contributed by atoms with E-state index in [1.54, 1.807) is 19.1 Å². The fraction of sp³-hybridized carbons (Fsp3) is 0.381. The second-order valence-electron chi connectivity index (χ2n) is 6.60. The van der Waals surface area contributed by atoms with Gasteiger partial charge in [0.15, 0.2) is 6.04 Å². The van der Waals surface area contributed by atoms with Crippen LogP contribution in [-0.2, 0) is 17.9 Å². The second-order valence-corrected chi connectivity index (χ2v) is 6.60. The highest BCUT2D eigenvalue weighted by Gasteiger charge is 2.26. The highest BCUT2D eigenvalue weighted by atomic mass is 16.5. The summed E-state index contributed by atoms with van der Waals surface area (Å²) in [6, 6.07) is 15.7. The van der Waals surface area contributed by atoms with E-state index in [0.717, 1.165) is 27.5 Å². The fourth-order valence-corrected chi connectivity index (χ4v) is 2.93. The molecule has 0 saturated heterocycles. The van der Waals surface area contributed by atoms with Gasteiger partial charge in [-0.3, -0.25) is 4.79 Å². The zero-order valence-electron chi connectivity index (χ0n) is 16.3. The Kier molecular flexibility index (Phi) is 7.04. The van der Waals surface area contributed by atoms with Gasteiger partial charge in [0.2, 0.25) is 0 Å². The Morgan fingerprint density at radius 3 is 2.42 bits per heavy atom. The summed E-state index contributed by atoms with van der Waals surface area (Å²) in [7, 11) is 7.17. The number of carbonyl (C=O) groups excluding carboxylic acids is 1. The van der Waals surface area contributed by atoms with Crippen molar-refractivity contribution in [2.75, 3.05) is 28.3 Å². The molecule has 1 amide bonds. The second kappa shape index (κ2) is 9.25. The third kappa shape index (κ3) is 4.99. The van der Waals surface area contributed by atoms with E-state index in [9.17, 15) is 4.79 Å². The van der Waals surface area contributed by atoms with Crippen LogP contribution in [0.2, 0.25) is 0 Å². The number of benzene rings is 2. The van der Waals surface area contributed by atoms with E-state index >= 15 is 0 Å². The number of hydrogen-bond donors (Lipinski definition) is 1. The van der Waals surface area contributed by atoms with Gasteiger partial charge in [-0.1, -0.05) is 30.3 Å². The van der Waals surface area contributed by atoms with E-state index in [1.165, 1.54) is 0 Å². The van der Waals surface area contributed by atoms with Gasteiger partial charge >= 0.3 is 0 Å². The van der Waals surface area contributed by atoms with Crippen LogP contribution in [0.15, 0.2) is 48.5 Å². The number of hydrogen-bond acceptors (Lipinski definition) is 3. The van der Waals surface area contributed by atoms with Crippen molar-refractivity contribution >= 4 is 5.91 Å². The Morgan fingerprint density at radius 1 is 1.12 bits per heavy atom. The summed E-state index contributed by atoms with van der Waals surface area (Å²) < 4.78 is 10.7. The number of amides is 1. The Labute approximate surface area is 156 Å². The molecule has 0 aliphatic carbocycles. The Morgan fingerprint density at radius 2 is 1.81 bits per heavy atom. The number of likely N-dealkylation sites (N-methyl/N-ethyl adjacent to an activating group) is 2. The number of ether oxygens (including phenoxy) is 2. The average molecular weight is 357 g/mol. The molecule has 140 valence electrons. The van der Waals surface area contributed by atoms with Crippen LogP contribution in [0.1, 0.15) is 18.1 Å². The molecule has 0 aromatic heterocycles. The number of nitrogens with one attached hydrogen (secondary N) is 1. The molecular formula is C21H29N2O3+. The van der Waals surface area contributed by atoms with Crippen LogP contribution in [0.4, 0.5) is 0 Å². The molecule has 5 nitrogen and oxygen atoms in total. The fourth-order valence-electron chi connectivity index (χ4n) is 2.93. The molecular weight excluding hydrogens is 328 g/mol. The zero-order valence-corrected chi connectivity index (χ0v) is 16.3. The van der Waals surface area contributed by atoms with Gasteiger partial charge in [0, 0.05) is 25.2 Å². The predicted molar refractivity (Wildman–Crippen MR) is 103 cm³/mol. The molecule has 26 heavy (non-hydrogen) atoms. The van der Waals surface area contributed by atoms with E-state index in [4.69, 9.17) is 9.47 Å². The average Bonchev–Trinajstić information content (AvgIpc) is 2.67. The quantitative estimate of drug-likeness (QED) is 0.783. The number of carbonyl (C=O) groups is 1. The molecule has 0 spiro atoms. The maximum atomic E-state index is 12.8. The van der Waals surface area contributed by atoms with Crippen LogP contribution in [0, 0.1) is 0 Å². The smallest absolute Gasteiger partial charge is 0.280 e. The summed E-state index contributed by atoms with van der Waals surface area (Å²) in [6.07, 6.45) is 0. The summed E-state index contributed by atoms with van der Waals surface area (Å²) in [5.74, 6) is 1.66. The highest BCUT2D eigenvalue weighted by Crippen LogP contribution is 2.23. The summed E-state index contributed by atoms with van der Waals surface area (Å²) in [5, 5.41) is 0. The van der Waals surface area contributed by atoms with Crippen molar-refractivity contribution in [1.29, 1.82) is 0 Å². The number of quaternary nitrogens is 1. The molecule has 1 N–H and O–H groups in total. The van der Waals surface area contributed by atoms with Crippen LogP contribution < -0.4 is 14.4 Å². The standard InChI is InChI=1S/C21H28N2O3/c1-16(21(24)23(3)14-17-9-7-6-8-10-17)22(2)15-18-11-12-19(25-4)13-20(18)26-5/h6-13,16H,14-15H2,1-5H3/p+1/t16-/m1/s1. The molecule has 0 aliphatic rings. The van der Waals surface area contributed by atoms with Gasteiger partial charge in [0.05, 0.1) is 21.3 Å². The molecule has 0 fully saturated rings. The minimum Gasteiger partial charge on any atom is -0.497 e. The van der Waals surface area contributed by atoms with Crippen molar-refractivity contribution in [2.45, 2.75) is 26.1 Å². The van der Waals surface area contributed by atoms with Gasteiger partial charge in [-0.15, -0.1) is 0 Å². The lowest BCUT2D eigenvalue weighted by Gasteiger charge is -2.26. The molecule has 0 radical (unpaired) electrons. The van der Waals surface area contributed by atoms with Gasteiger partial charge in [-0.25, -0.2) is 0 Å². The Bertz CT molecular complexity index is 718. The molecule has 0 saturated carbocycles. The van der Waals surface area contributed by atoms with Crippen molar-refractivity contribution in [1.82, 2.24) is 4.90 Å². The molecule has 0 aliphatic heterocycles. The molecule has 0 heterocycles. The molecule has 1 unspecified atom stereocenters. The van der Waals surface area contributed by atoms with Gasteiger partial charge < -0.3 is 19.3 Å². The first kappa shape index (κ1) is 19.8. The van der Waals surface area contributed by atoms with E-state index in [-0.39, 0.29) is 11.9 Å². The van der Waals surface area contributed by atoms with Gasteiger partial charge in [-0.2, -0.15) is 0 Å². The van der Waals surface area contributed by atoms with Gasteiger partial charge in [0.1, 0.15) is 18.0 Å². The molecule has 5 heteroatoms. The van der Waals surface area contributed by atoms with Crippen molar-refractivity contribution < 1.29 is 19.2 Å². The molecule has 2 aromatic rings.